The zero-order chi connectivity index (χ0) is 17.6. The highest BCUT2D eigenvalue weighted by Crippen LogP contribution is 2.44. The lowest BCUT2D eigenvalue weighted by Crippen LogP contribution is -2.42. The molecule has 0 saturated carbocycles. The summed E-state index contributed by atoms with van der Waals surface area (Å²) in [5, 5.41) is 21.8. The van der Waals surface area contributed by atoms with E-state index in [4.69, 9.17) is 9.47 Å². The number of hydrogen-bond donors (Lipinski definition) is 2. The first kappa shape index (κ1) is 15.8. The highest BCUT2D eigenvalue weighted by atomic mass is 16.7. The Morgan fingerprint density at radius 2 is 1.72 bits per heavy atom. The molecule has 1 aromatic heterocycles. The summed E-state index contributed by atoms with van der Waals surface area (Å²) in [7, 11) is 3.17. The maximum atomic E-state index is 10.4. The van der Waals surface area contributed by atoms with Crippen LogP contribution in [0, 0.1) is 0 Å². The van der Waals surface area contributed by atoms with Gasteiger partial charge in [-0.2, -0.15) is 0 Å². The number of fused-ring (bicyclic) bond motifs is 2. The molecule has 0 aliphatic carbocycles. The fourth-order valence-electron chi connectivity index (χ4n) is 2.90. The van der Waals surface area contributed by atoms with Crippen molar-refractivity contribution in [1.29, 1.82) is 0 Å². The molecular weight excluding hydrogens is 320 g/mol. The van der Waals surface area contributed by atoms with Gasteiger partial charge in [0.05, 0.1) is 5.52 Å². The van der Waals surface area contributed by atoms with Crippen LogP contribution in [0.25, 0.3) is 10.9 Å². The minimum atomic E-state index is -2.13. The van der Waals surface area contributed by atoms with Gasteiger partial charge in [-0.1, -0.05) is 30.3 Å². The van der Waals surface area contributed by atoms with Gasteiger partial charge in [-0.05, 0) is 26.2 Å². The molecule has 2 aromatic carbocycles. The molecule has 0 saturated heterocycles. The lowest BCUT2D eigenvalue weighted by atomic mass is 10.0. The predicted molar refractivity (Wildman–Crippen MR) is 92.0 cm³/mol. The molecule has 6 nitrogen and oxygen atoms in total. The molecule has 1 atom stereocenters. The number of ether oxygens (including phenoxy) is 2. The van der Waals surface area contributed by atoms with Gasteiger partial charge in [0, 0.05) is 28.8 Å². The minimum absolute atomic E-state index is 0.306. The monoisotopic (exact) mass is 338 g/mol. The number of benzene rings is 2. The molecule has 0 fully saturated rings. The van der Waals surface area contributed by atoms with Crippen LogP contribution in [0.5, 0.6) is 11.5 Å². The van der Waals surface area contributed by atoms with Crippen LogP contribution in [0.2, 0.25) is 0 Å². The quantitative estimate of drug-likeness (QED) is 0.714. The summed E-state index contributed by atoms with van der Waals surface area (Å²) in [5.41, 5.74) is 1.67. The van der Waals surface area contributed by atoms with E-state index in [1.54, 1.807) is 44.6 Å². The fourth-order valence-corrected chi connectivity index (χ4v) is 2.90. The van der Waals surface area contributed by atoms with Crippen LogP contribution in [0.1, 0.15) is 17.4 Å². The molecule has 2 N–H and O–H groups in total. The van der Waals surface area contributed by atoms with E-state index >= 15 is 0 Å². The minimum Gasteiger partial charge on any atom is -0.447 e. The topological polar surface area (TPSA) is 75.1 Å². The Morgan fingerprint density at radius 1 is 1.00 bits per heavy atom. The maximum absolute atomic E-state index is 10.4. The van der Waals surface area contributed by atoms with Crippen LogP contribution >= 0.6 is 0 Å². The second-order valence-electron chi connectivity index (χ2n) is 6.18. The van der Waals surface area contributed by atoms with Crippen LogP contribution in [0.3, 0.4) is 0 Å². The zero-order valence-electron chi connectivity index (χ0n) is 13.9. The second-order valence-corrected chi connectivity index (χ2v) is 6.18. The van der Waals surface area contributed by atoms with E-state index in [1.165, 1.54) is 4.90 Å². The molecule has 1 aliphatic rings. The number of pyridine rings is 1. The summed E-state index contributed by atoms with van der Waals surface area (Å²) >= 11 is 0. The molecule has 128 valence electrons. The predicted octanol–water partition coefficient (Wildman–Crippen LogP) is 2.36. The lowest BCUT2D eigenvalue weighted by molar-refractivity contribution is -0.261. The Hall–Kier alpha value is -2.67. The van der Waals surface area contributed by atoms with Crippen LogP contribution in [-0.4, -0.2) is 34.2 Å². The Bertz CT molecular complexity index is 895. The Morgan fingerprint density at radius 3 is 2.48 bits per heavy atom. The summed E-state index contributed by atoms with van der Waals surface area (Å²) < 4.78 is 11.8. The van der Waals surface area contributed by atoms with E-state index in [-0.39, 0.29) is 0 Å². The van der Waals surface area contributed by atoms with Gasteiger partial charge in [-0.15, -0.1) is 0 Å². The van der Waals surface area contributed by atoms with Crippen molar-refractivity contribution in [2.75, 3.05) is 14.1 Å². The third kappa shape index (κ3) is 2.60. The molecule has 0 amide bonds. The molecule has 0 bridgehead atoms. The molecule has 1 unspecified atom stereocenters. The van der Waals surface area contributed by atoms with Crippen LogP contribution in [0.4, 0.5) is 0 Å². The van der Waals surface area contributed by atoms with Crippen molar-refractivity contribution < 1.29 is 19.7 Å². The highest BCUT2D eigenvalue weighted by Gasteiger charge is 2.36. The Labute approximate surface area is 144 Å². The molecule has 0 spiro atoms. The van der Waals surface area contributed by atoms with Crippen LogP contribution in [-0.2, 0) is 5.91 Å². The number of nitrogens with zero attached hydrogens (tertiary/aromatic N) is 2. The first-order chi connectivity index (χ1) is 12.0. The maximum Gasteiger partial charge on any atom is 0.268 e. The average Bonchev–Trinajstić information content (AvgIpc) is 3.02. The molecule has 0 radical (unpaired) electrons. The third-order valence-electron chi connectivity index (χ3n) is 4.34. The summed E-state index contributed by atoms with van der Waals surface area (Å²) in [4.78, 5) is 5.63. The molecule has 3 aromatic rings. The number of aromatic nitrogens is 1. The fraction of sp³-hybridized carbons (Fsp3) is 0.211. The van der Waals surface area contributed by atoms with E-state index in [0.717, 1.165) is 10.9 Å². The normalized spacial score (nSPS) is 16.6. The van der Waals surface area contributed by atoms with Gasteiger partial charge >= 0.3 is 0 Å². The van der Waals surface area contributed by atoms with E-state index in [2.05, 4.69) is 4.98 Å². The van der Waals surface area contributed by atoms with Crippen molar-refractivity contribution in [3.05, 3.63) is 65.9 Å². The summed E-state index contributed by atoms with van der Waals surface area (Å²) in [5.74, 6) is -0.950. The smallest absolute Gasteiger partial charge is 0.268 e. The summed E-state index contributed by atoms with van der Waals surface area (Å²) in [6, 6.07) is 14.5. The first-order valence-electron chi connectivity index (χ1n) is 7.90. The molecule has 25 heavy (non-hydrogen) atoms. The van der Waals surface area contributed by atoms with E-state index < -0.39 is 12.2 Å². The summed E-state index contributed by atoms with van der Waals surface area (Å²) in [6.45, 7) is 0. The number of rotatable bonds is 3. The van der Waals surface area contributed by atoms with Gasteiger partial charge in [-0.3, -0.25) is 9.88 Å². The van der Waals surface area contributed by atoms with Crippen molar-refractivity contribution in [1.82, 2.24) is 9.88 Å². The van der Waals surface area contributed by atoms with E-state index in [1.807, 2.05) is 24.3 Å². The molecule has 6 heteroatoms. The van der Waals surface area contributed by atoms with Gasteiger partial charge in [-0.25, -0.2) is 0 Å². The average molecular weight is 338 g/mol. The first-order valence-corrected chi connectivity index (χ1v) is 7.90. The van der Waals surface area contributed by atoms with Gasteiger partial charge in [0.25, 0.3) is 12.2 Å². The second kappa shape index (κ2) is 5.70. The zero-order valence-corrected chi connectivity index (χ0v) is 13.9. The summed E-state index contributed by atoms with van der Waals surface area (Å²) in [6.07, 6.45) is 0.960. The lowest BCUT2D eigenvalue weighted by Gasteiger charge is -2.31. The van der Waals surface area contributed by atoms with Crippen molar-refractivity contribution >= 4 is 10.9 Å². The van der Waals surface area contributed by atoms with E-state index in [0.29, 0.717) is 22.6 Å². The van der Waals surface area contributed by atoms with Crippen molar-refractivity contribution in [2.24, 2.45) is 0 Å². The van der Waals surface area contributed by atoms with Crippen molar-refractivity contribution in [3.63, 3.8) is 0 Å². The van der Waals surface area contributed by atoms with Gasteiger partial charge in [0.1, 0.15) is 0 Å². The molecule has 2 heterocycles. The van der Waals surface area contributed by atoms with Gasteiger partial charge in [0.15, 0.2) is 11.5 Å². The van der Waals surface area contributed by atoms with Crippen molar-refractivity contribution in [3.8, 4) is 11.5 Å². The third-order valence-corrected chi connectivity index (χ3v) is 4.34. The van der Waals surface area contributed by atoms with E-state index in [9.17, 15) is 10.2 Å². The van der Waals surface area contributed by atoms with Crippen LogP contribution < -0.4 is 9.47 Å². The van der Waals surface area contributed by atoms with Gasteiger partial charge in [0.2, 0.25) is 0 Å². The Kier molecular flexibility index (Phi) is 3.61. The highest BCUT2D eigenvalue weighted by molar-refractivity contribution is 5.82. The largest absolute Gasteiger partial charge is 0.447 e. The van der Waals surface area contributed by atoms with Gasteiger partial charge < -0.3 is 19.7 Å². The van der Waals surface area contributed by atoms with Crippen molar-refractivity contribution in [2.45, 2.75) is 12.2 Å². The standard InChI is InChI=1S/C19H18N2O4/c1-21(2)19(22,23)14-8-4-3-7-13(14)18-24-16-10-12-6-5-9-20-15(12)11-17(16)25-18/h3-11,18,22-23H,1-2H3. The Balaban J connectivity index is 1.74. The molecule has 1 aliphatic heterocycles. The molecule has 4 rings (SSSR count). The number of aliphatic hydroxyl groups is 2. The van der Waals surface area contributed by atoms with Crippen LogP contribution in [0.15, 0.2) is 54.7 Å². The SMILES string of the molecule is CN(C)C(O)(O)c1ccccc1C1Oc2cc3cccnc3cc2O1. The number of hydrogen-bond acceptors (Lipinski definition) is 6. The molecular formula is C19H18N2O4.